The lowest BCUT2D eigenvalue weighted by atomic mass is 9.79. The van der Waals surface area contributed by atoms with E-state index in [2.05, 4.69) is 39.8 Å². The molecule has 2 aliphatic rings. The molecule has 2 fully saturated rings. The van der Waals surface area contributed by atoms with Gasteiger partial charge in [-0.1, -0.05) is 42.5 Å². The van der Waals surface area contributed by atoms with Gasteiger partial charge < -0.3 is 10.6 Å². The number of nitrogens with zero attached hydrogens (tertiary/aromatic N) is 1. The lowest BCUT2D eigenvalue weighted by molar-refractivity contribution is -0.137. The maximum Gasteiger partial charge on any atom is 0.416 e. The van der Waals surface area contributed by atoms with Crippen LogP contribution in [0.5, 0.6) is 0 Å². The van der Waals surface area contributed by atoms with Crippen LogP contribution >= 0.6 is 0 Å². The van der Waals surface area contributed by atoms with E-state index in [1.165, 1.54) is 18.1 Å². The van der Waals surface area contributed by atoms with E-state index in [-0.39, 0.29) is 12.5 Å². The van der Waals surface area contributed by atoms with Crippen molar-refractivity contribution in [3.05, 3.63) is 71.3 Å². The number of rotatable bonds is 8. The molecule has 0 radical (unpaired) electrons. The number of amides is 1. The molecule has 1 amide bonds. The standard InChI is InChI=1S/C26H32F3N3O/c27-26(28,29)23-9-4-8-20(13-23)14-31-25(33)11-5-10-24-22-12-21(15-30-24)17-32(18-22)16-19-6-2-1-3-7-19/h1-4,6-9,13,21-22,24,30H,5,10-12,14-18H2,(H,31,33)/t21?,22?,24-/m1/s1. The second kappa shape index (κ2) is 10.7. The highest BCUT2D eigenvalue weighted by molar-refractivity contribution is 5.75. The van der Waals surface area contributed by atoms with Crippen molar-refractivity contribution in [2.24, 2.45) is 11.8 Å². The Hall–Kier alpha value is -2.38. The van der Waals surface area contributed by atoms with Gasteiger partial charge in [-0.3, -0.25) is 9.69 Å². The number of fused-ring (bicyclic) bond motifs is 2. The summed E-state index contributed by atoms with van der Waals surface area (Å²) in [4.78, 5) is 14.8. The zero-order valence-corrected chi connectivity index (χ0v) is 18.8. The first-order valence-corrected chi connectivity index (χ1v) is 11.8. The first kappa shape index (κ1) is 23.8. The van der Waals surface area contributed by atoms with Crippen LogP contribution in [0.3, 0.4) is 0 Å². The Balaban J connectivity index is 1.20. The number of nitrogens with one attached hydrogen (secondary N) is 2. The van der Waals surface area contributed by atoms with E-state index in [0.29, 0.717) is 29.9 Å². The fraction of sp³-hybridized carbons (Fsp3) is 0.500. The Morgan fingerprint density at radius 2 is 1.85 bits per heavy atom. The Bertz CT molecular complexity index is 918. The summed E-state index contributed by atoms with van der Waals surface area (Å²) in [6.45, 7) is 4.32. The van der Waals surface area contributed by atoms with Crippen molar-refractivity contribution >= 4 is 5.91 Å². The highest BCUT2D eigenvalue weighted by Gasteiger charge is 2.36. The summed E-state index contributed by atoms with van der Waals surface area (Å²) in [6.07, 6.45) is -1.03. The molecule has 0 aliphatic carbocycles. The van der Waals surface area contributed by atoms with Crippen LogP contribution in [-0.2, 0) is 24.1 Å². The Labute approximate surface area is 193 Å². The maximum atomic E-state index is 12.8. The van der Waals surface area contributed by atoms with Gasteiger partial charge in [0.15, 0.2) is 0 Å². The van der Waals surface area contributed by atoms with Crippen LogP contribution in [0.2, 0.25) is 0 Å². The second-order valence-electron chi connectivity index (χ2n) is 9.42. The topological polar surface area (TPSA) is 44.4 Å². The quantitative estimate of drug-likeness (QED) is 0.606. The molecule has 2 unspecified atom stereocenters. The molecule has 3 atom stereocenters. The minimum absolute atomic E-state index is 0.114. The van der Waals surface area contributed by atoms with Gasteiger partial charge in [0, 0.05) is 38.6 Å². The predicted molar refractivity (Wildman–Crippen MR) is 122 cm³/mol. The van der Waals surface area contributed by atoms with E-state index in [9.17, 15) is 18.0 Å². The molecular weight excluding hydrogens is 427 g/mol. The summed E-state index contributed by atoms with van der Waals surface area (Å²) in [7, 11) is 0. The van der Waals surface area contributed by atoms with Crippen molar-refractivity contribution in [1.29, 1.82) is 0 Å². The molecule has 33 heavy (non-hydrogen) atoms. The highest BCUT2D eigenvalue weighted by Crippen LogP contribution is 2.31. The summed E-state index contributed by atoms with van der Waals surface area (Å²) in [6, 6.07) is 16.1. The summed E-state index contributed by atoms with van der Waals surface area (Å²) in [5.41, 5.74) is 1.11. The van der Waals surface area contributed by atoms with Crippen molar-refractivity contribution in [2.75, 3.05) is 19.6 Å². The van der Waals surface area contributed by atoms with E-state index in [0.717, 1.165) is 51.2 Å². The van der Waals surface area contributed by atoms with Gasteiger partial charge in [-0.25, -0.2) is 0 Å². The molecule has 2 aliphatic heterocycles. The van der Waals surface area contributed by atoms with E-state index >= 15 is 0 Å². The Morgan fingerprint density at radius 1 is 1.06 bits per heavy atom. The van der Waals surface area contributed by atoms with Crippen molar-refractivity contribution in [2.45, 2.75) is 51.0 Å². The average molecular weight is 460 g/mol. The van der Waals surface area contributed by atoms with Gasteiger partial charge in [0.1, 0.15) is 0 Å². The third-order valence-corrected chi connectivity index (χ3v) is 6.79. The SMILES string of the molecule is O=C(CCC[C@H]1NCC2CC1CN(Cc1ccccc1)C2)NCc1cccc(C(F)(F)F)c1. The summed E-state index contributed by atoms with van der Waals surface area (Å²) < 4.78 is 38.5. The number of halogens is 3. The molecule has 7 heteroatoms. The molecule has 2 saturated heterocycles. The Kier molecular flexibility index (Phi) is 7.71. The van der Waals surface area contributed by atoms with Crippen LogP contribution < -0.4 is 10.6 Å². The molecule has 0 aromatic heterocycles. The first-order valence-electron chi connectivity index (χ1n) is 11.8. The fourth-order valence-corrected chi connectivity index (χ4v) is 5.21. The zero-order chi connectivity index (χ0) is 23.3. The number of likely N-dealkylation sites (tertiary alicyclic amines) is 1. The van der Waals surface area contributed by atoms with Gasteiger partial charge in [-0.2, -0.15) is 13.2 Å². The van der Waals surface area contributed by atoms with E-state index < -0.39 is 11.7 Å². The van der Waals surface area contributed by atoms with Crippen molar-refractivity contribution in [3.63, 3.8) is 0 Å². The van der Waals surface area contributed by atoms with Crippen LogP contribution in [-0.4, -0.2) is 36.5 Å². The average Bonchev–Trinajstić information content (AvgIpc) is 2.79. The lowest BCUT2D eigenvalue weighted by Crippen LogP contribution is -2.55. The first-order chi connectivity index (χ1) is 15.9. The number of carbonyl (C=O) groups excluding carboxylic acids is 1. The summed E-state index contributed by atoms with van der Waals surface area (Å²) in [5, 5.41) is 6.45. The number of piperidine rings is 2. The predicted octanol–water partition coefficient (Wildman–Crippen LogP) is 4.60. The van der Waals surface area contributed by atoms with Gasteiger partial charge >= 0.3 is 6.18 Å². The van der Waals surface area contributed by atoms with Gasteiger partial charge in [0.25, 0.3) is 0 Å². The van der Waals surface area contributed by atoms with Crippen molar-refractivity contribution in [1.82, 2.24) is 15.5 Å². The number of hydrogen-bond donors (Lipinski definition) is 2. The minimum Gasteiger partial charge on any atom is -0.352 e. The lowest BCUT2D eigenvalue weighted by Gasteiger charge is -2.46. The number of alkyl halides is 3. The molecule has 4 nitrogen and oxygen atoms in total. The molecule has 2 N–H and O–H groups in total. The largest absolute Gasteiger partial charge is 0.416 e. The third kappa shape index (κ3) is 6.81. The van der Waals surface area contributed by atoms with Crippen molar-refractivity contribution < 1.29 is 18.0 Å². The van der Waals surface area contributed by atoms with Crippen LogP contribution in [0.1, 0.15) is 42.4 Å². The highest BCUT2D eigenvalue weighted by atomic mass is 19.4. The zero-order valence-electron chi connectivity index (χ0n) is 18.8. The van der Waals surface area contributed by atoms with Crippen LogP contribution in [0, 0.1) is 11.8 Å². The van der Waals surface area contributed by atoms with Crippen molar-refractivity contribution in [3.8, 4) is 0 Å². The molecular formula is C26H32F3N3O. The maximum absolute atomic E-state index is 12.8. The fourth-order valence-electron chi connectivity index (χ4n) is 5.21. The van der Waals surface area contributed by atoms with Crippen LogP contribution in [0.4, 0.5) is 13.2 Å². The van der Waals surface area contributed by atoms with Gasteiger partial charge in [-0.15, -0.1) is 0 Å². The monoisotopic (exact) mass is 459 g/mol. The van der Waals surface area contributed by atoms with Gasteiger partial charge in [0.2, 0.25) is 5.91 Å². The molecule has 178 valence electrons. The van der Waals surface area contributed by atoms with E-state index in [1.54, 1.807) is 6.07 Å². The van der Waals surface area contributed by atoms with Gasteiger partial charge in [0.05, 0.1) is 5.56 Å². The summed E-state index contributed by atoms with van der Waals surface area (Å²) >= 11 is 0. The summed E-state index contributed by atoms with van der Waals surface area (Å²) in [5.74, 6) is 1.16. The second-order valence-corrected chi connectivity index (χ2v) is 9.42. The number of carbonyl (C=O) groups is 1. The minimum atomic E-state index is -4.37. The number of benzene rings is 2. The third-order valence-electron chi connectivity index (χ3n) is 6.79. The molecule has 0 spiro atoms. The number of hydrogen-bond acceptors (Lipinski definition) is 3. The Morgan fingerprint density at radius 3 is 2.64 bits per heavy atom. The van der Waals surface area contributed by atoms with E-state index in [4.69, 9.17) is 0 Å². The van der Waals surface area contributed by atoms with Gasteiger partial charge in [-0.05, 0) is 60.9 Å². The molecule has 2 heterocycles. The smallest absolute Gasteiger partial charge is 0.352 e. The van der Waals surface area contributed by atoms with E-state index in [1.807, 2.05) is 6.07 Å². The normalized spacial score (nSPS) is 23.3. The molecule has 2 aromatic carbocycles. The molecule has 4 rings (SSSR count). The molecule has 2 bridgehead atoms. The van der Waals surface area contributed by atoms with Crippen LogP contribution in [0.15, 0.2) is 54.6 Å². The van der Waals surface area contributed by atoms with Crippen LogP contribution in [0.25, 0.3) is 0 Å². The molecule has 2 aromatic rings. The molecule has 0 saturated carbocycles.